The Morgan fingerprint density at radius 1 is 0.839 bits per heavy atom. The van der Waals surface area contributed by atoms with Crippen LogP contribution < -0.4 is 10.4 Å². The summed E-state index contributed by atoms with van der Waals surface area (Å²) in [6, 6.07) is 23.8. The highest BCUT2D eigenvalue weighted by atomic mass is 14.8. The van der Waals surface area contributed by atoms with Gasteiger partial charge in [-0.1, -0.05) is 74.5 Å². The Morgan fingerprint density at radius 2 is 1.52 bits per heavy atom. The van der Waals surface area contributed by atoms with Crippen LogP contribution in [0, 0.1) is 0 Å². The molecule has 2 heteroatoms. The molecule has 0 saturated carbocycles. The maximum atomic E-state index is 4.77. The maximum Gasteiger partial charge on any atom is 0.0788 e. The van der Waals surface area contributed by atoms with Crippen LogP contribution in [0.5, 0.6) is 0 Å². The van der Waals surface area contributed by atoms with Crippen molar-refractivity contribution in [3.63, 3.8) is 0 Å². The fourth-order valence-electron chi connectivity index (χ4n) is 4.92. The Balaban J connectivity index is 1.76. The largest absolute Gasteiger partial charge is 0.285 e. The van der Waals surface area contributed by atoms with Crippen LogP contribution >= 0.6 is 0 Å². The molecule has 0 unspecified atom stereocenters. The van der Waals surface area contributed by atoms with Gasteiger partial charge < -0.3 is 0 Å². The number of fused-ring (bicyclic) bond motifs is 4. The Hall–Kier alpha value is -3.52. The van der Waals surface area contributed by atoms with Crippen LogP contribution in [0.4, 0.5) is 0 Å². The second kappa shape index (κ2) is 7.31. The Kier molecular flexibility index (Phi) is 4.59. The number of benzene rings is 3. The molecular weight excluding hydrogens is 376 g/mol. The van der Waals surface area contributed by atoms with Gasteiger partial charge in [0.25, 0.3) is 0 Å². The van der Waals surface area contributed by atoms with Gasteiger partial charge in [-0.25, -0.2) is 0 Å². The van der Waals surface area contributed by atoms with Crippen LogP contribution in [0.1, 0.15) is 37.5 Å². The van der Waals surface area contributed by atoms with Crippen LogP contribution in [0.25, 0.3) is 29.0 Å². The van der Waals surface area contributed by atoms with Crippen LogP contribution in [0.3, 0.4) is 0 Å². The standard InChI is InChI=1S/C29H26N2/c1-5-31-27-18-20-11-7-6-10-19(20)16-24(27)28(30-4)21-14-15-26-23(17-21)22-12-8-9-13-25(22)29(26,2)3/h6-18H,4-5H2,1-3H3/b28-24-,31-27?. The predicted octanol–water partition coefficient (Wildman–Crippen LogP) is 5.14. The number of hydrogen-bond acceptors (Lipinski definition) is 2. The van der Waals surface area contributed by atoms with E-state index in [0.29, 0.717) is 0 Å². The number of aliphatic imine (C=N–C) groups is 2. The first kappa shape index (κ1) is 19.4. The van der Waals surface area contributed by atoms with Crippen molar-refractivity contribution >= 4 is 30.3 Å². The van der Waals surface area contributed by atoms with Crippen molar-refractivity contribution in [1.29, 1.82) is 0 Å². The fraction of sp³-hybridized carbons (Fsp3) is 0.172. The summed E-state index contributed by atoms with van der Waals surface area (Å²) in [5.41, 5.74) is 9.27. The van der Waals surface area contributed by atoms with E-state index in [9.17, 15) is 0 Å². The van der Waals surface area contributed by atoms with Gasteiger partial charge in [0.1, 0.15) is 0 Å². The first-order chi connectivity index (χ1) is 15.0. The molecule has 31 heavy (non-hydrogen) atoms. The van der Waals surface area contributed by atoms with Crippen molar-refractivity contribution in [2.45, 2.75) is 26.2 Å². The fourth-order valence-corrected chi connectivity index (χ4v) is 4.92. The van der Waals surface area contributed by atoms with Crippen molar-refractivity contribution in [3.8, 4) is 11.1 Å². The number of hydrogen-bond donors (Lipinski definition) is 0. The predicted molar refractivity (Wildman–Crippen MR) is 133 cm³/mol. The van der Waals surface area contributed by atoms with Crippen LogP contribution in [-0.2, 0) is 5.41 Å². The summed E-state index contributed by atoms with van der Waals surface area (Å²) >= 11 is 0. The molecule has 2 aliphatic rings. The van der Waals surface area contributed by atoms with Gasteiger partial charge in [0.15, 0.2) is 0 Å². The van der Waals surface area contributed by atoms with Crippen molar-refractivity contribution < 1.29 is 0 Å². The molecule has 5 rings (SSSR count). The van der Waals surface area contributed by atoms with Crippen LogP contribution in [0.2, 0.25) is 0 Å². The first-order valence-corrected chi connectivity index (χ1v) is 10.8. The maximum absolute atomic E-state index is 4.77. The first-order valence-electron chi connectivity index (χ1n) is 10.8. The van der Waals surface area contributed by atoms with E-state index in [-0.39, 0.29) is 5.41 Å². The van der Waals surface area contributed by atoms with Crippen LogP contribution in [0.15, 0.2) is 82.3 Å². The van der Waals surface area contributed by atoms with E-state index in [4.69, 9.17) is 4.99 Å². The van der Waals surface area contributed by atoms with E-state index in [2.05, 4.69) is 111 Å². The average Bonchev–Trinajstić information content (AvgIpc) is 3.02. The summed E-state index contributed by atoms with van der Waals surface area (Å²) in [5, 5.41) is 2.37. The van der Waals surface area contributed by atoms with Gasteiger partial charge >= 0.3 is 0 Å². The molecule has 0 fully saturated rings. The molecule has 2 nitrogen and oxygen atoms in total. The highest BCUT2D eigenvalue weighted by Crippen LogP contribution is 2.49. The minimum absolute atomic E-state index is 0.00210. The molecule has 3 aromatic carbocycles. The van der Waals surface area contributed by atoms with Crippen molar-refractivity contribution in [3.05, 3.63) is 99.4 Å². The van der Waals surface area contributed by atoms with Crippen LogP contribution in [-0.4, -0.2) is 19.0 Å². The summed E-state index contributed by atoms with van der Waals surface area (Å²) in [6.07, 6.45) is 4.35. The van der Waals surface area contributed by atoms with Gasteiger partial charge in [0.2, 0.25) is 0 Å². The lowest BCUT2D eigenvalue weighted by Gasteiger charge is -2.21. The molecule has 152 valence electrons. The minimum atomic E-state index is -0.00210. The van der Waals surface area contributed by atoms with E-state index in [1.54, 1.807) is 0 Å². The van der Waals surface area contributed by atoms with E-state index < -0.39 is 0 Å². The molecule has 0 spiro atoms. The van der Waals surface area contributed by atoms with E-state index >= 15 is 0 Å². The molecule has 0 aliphatic heterocycles. The van der Waals surface area contributed by atoms with Gasteiger partial charge in [-0.2, -0.15) is 0 Å². The van der Waals surface area contributed by atoms with E-state index in [1.165, 1.54) is 32.7 Å². The van der Waals surface area contributed by atoms with E-state index in [1.807, 2.05) is 0 Å². The van der Waals surface area contributed by atoms with Gasteiger partial charge in [0, 0.05) is 23.1 Å². The molecule has 0 bridgehead atoms. The summed E-state index contributed by atoms with van der Waals surface area (Å²) in [4.78, 5) is 9.28. The van der Waals surface area contributed by atoms with Gasteiger partial charge in [-0.15, -0.1) is 0 Å². The highest BCUT2D eigenvalue weighted by molar-refractivity contribution is 6.29. The highest BCUT2D eigenvalue weighted by Gasteiger charge is 2.35. The summed E-state index contributed by atoms with van der Waals surface area (Å²) < 4.78 is 0. The zero-order valence-corrected chi connectivity index (χ0v) is 18.3. The monoisotopic (exact) mass is 402 g/mol. The molecular formula is C29H26N2. The zero-order chi connectivity index (χ0) is 21.6. The third kappa shape index (κ3) is 3.02. The van der Waals surface area contributed by atoms with Crippen molar-refractivity contribution in [2.24, 2.45) is 9.98 Å². The second-order valence-electron chi connectivity index (χ2n) is 8.63. The second-order valence-corrected chi connectivity index (χ2v) is 8.63. The van der Waals surface area contributed by atoms with E-state index in [0.717, 1.165) is 29.1 Å². The number of rotatable bonds is 3. The molecule has 0 aromatic heterocycles. The Bertz CT molecular complexity index is 1400. The molecule has 2 aliphatic carbocycles. The molecule has 0 heterocycles. The summed E-state index contributed by atoms with van der Waals surface area (Å²) in [5.74, 6) is 0. The molecule has 0 N–H and O–H groups in total. The molecule has 0 atom stereocenters. The smallest absolute Gasteiger partial charge is 0.0788 e. The average molecular weight is 403 g/mol. The molecule has 3 aromatic rings. The van der Waals surface area contributed by atoms with Gasteiger partial charge in [0.05, 0.1) is 11.4 Å². The quantitative estimate of drug-likeness (QED) is 0.542. The topological polar surface area (TPSA) is 24.7 Å². The SMILES string of the molecule is C=N/C(=C1/C=c2ccccc2=CC1=NCC)c1ccc2c(c1)-c1ccccc1C2(C)C. The normalized spacial score (nSPS) is 18.4. The van der Waals surface area contributed by atoms with Gasteiger partial charge in [-0.3, -0.25) is 9.98 Å². The molecule has 0 saturated heterocycles. The Morgan fingerprint density at radius 3 is 2.26 bits per heavy atom. The molecule has 0 amide bonds. The summed E-state index contributed by atoms with van der Waals surface area (Å²) in [6.45, 7) is 11.3. The van der Waals surface area contributed by atoms with Crippen molar-refractivity contribution in [1.82, 2.24) is 0 Å². The lowest BCUT2D eigenvalue weighted by molar-refractivity contribution is 0.660. The zero-order valence-electron chi connectivity index (χ0n) is 18.3. The third-order valence-electron chi connectivity index (χ3n) is 6.46. The molecule has 0 radical (unpaired) electrons. The minimum Gasteiger partial charge on any atom is -0.285 e. The van der Waals surface area contributed by atoms with Gasteiger partial charge in [-0.05, 0) is 64.6 Å². The van der Waals surface area contributed by atoms with Crippen molar-refractivity contribution in [2.75, 3.05) is 6.54 Å². The number of allylic oxidation sites excluding steroid dienone is 1. The lowest BCUT2D eigenvalue weighted by atomic mass is 9.82. The summed E-state index contributed by atoms with van der Waals surface area (Å²) in [7, 11) is 0. The Labute approximate surface area is 183 Å². The lowest BCUT2D eigenvalue weighted by Crippen LogP contribution is -2.30. The number of nitrogens with zero attached hydrogens (tertiary/aromatic N) is 2. The third-order valence-corrected chi connectivity index (χ3v) is 6.46.